The van der Waals surface area contributed by atoms with Gasteiger partial charge in [0.25, 0.3) is 0 Å². The van der Waals surface area contributed by atoms with Crippen LogP contribution in [0.2, 0.25) is 10.2 Å². The first-order chi connectivity index (χ1) is 17.4. The fourth-order valence-corrected chi connectivity index (χ4v) is 4.23. The molecule has 2 aromatic carbocycles. The summed E-state index contributed by atoms with van der Waals surface area (Å²) in [4.78, 5) is 42.4. The van der Waals surface area contributed by atoms with Gasteiger partial charge in [0.2, 0.25) is 11.8 Å². The minimum Gasteiger partial charge on any atom is -0.458 e. The van der Waals surface area contributed by atoms with E-state index in [2.05, 4.69) is 10.3 Å². The molecule has 0 radical (unpaired) electrons. The minimum atomic E-state index is -1.09. The second-order valence-electron chi connectivity index (χ2n) is 9.50. The number of piperazine rings is 1. The molecule has 1 aromatic heterocycles. The lowest BCUT2D eigenvalue weighted by Crippen LogP contribution is -2.60. The molecular weight excluding hydrogens is 524 g/mol. The zero-order chi connectivity index (χ0) is 26.9. The van der Waals surface area contributed by atoms with Gasteiger partial charge in [-0.2, -0.15) is 0 Å². The molecular formula is C25H24Cl2FN5O4. The maximum absolute atomic E-state index is 13.4. The van der Waals surface area contributed by atoms with Crippen LogP contribution in [-0.4, -0.2) is 62.4 Å². The molecule has 2 amide bonds. The Hall–Kier alpha value is -3.50. The van der Waals surface area contributed by atoms with Crippen LogP contribution in [0.25, 0.3) is 5.69 Å². The van der Waals surface area contributed by atoms with E-state index in [9.17, 15) is 18.8 Å². The van der Waals surface area contributed by atoms with E-state index >= 15 is 0 Å². The normalized spacial score (nSPS) is 15.2. The summed E-state index contributed by atoms with van der Waals surface area (Å²) >= 11 is 12.1. The van der Waals surface area contributed by atoms with Gasteiger partial charge in [-0.3, -0.25) is 14.5 Å². The van der Waals surface area contributed by atoms with Crippen molar-refractivity contribution in [2.45, 2.75) is 38.8 Å². The third kappa shape index (κ3) is 6.26. The van der Waals surface area contributed by atoms with Crippen LogP contribution >= 0.6 is 23.2 Å². The van der Waals surface area contributed by atoms with Gasteiger partial charge in [0.15, 0.2) is 5.15 Å². The van der Waals surface area contributed by atoms with Crippen molar-refractivity contribution in [1.82, 2.24) is 19.9 Å². The second kappa shape index (κ2) is 10.5. The summed E-state index contributed by atoms with van der Waals surface area (Å²) in [5, 5.41) is 8.19. The van der Waals surface area contributed by atoms with Gasteiger partial charge in [0.05, 0.1) is 17.6 Å². The largest absolute Gasteiger partial charge is 0.458 e. The van der Waals surface area contributed by atoms with Crippen LogP contribution < -0.4 is 4.90 Å². The Labute approximate surface area is 222 Å². The molecule has 0 bridgehead atoms. The van der Waals surface area contributed by atoms with Gasteiger partial charge in [-0.25, -0.2) is 13.9 Å². The van der Waals surface area contributed by atoms with Crippen molar-refractivity contribution in [3.8, 4) is 5.69 Å². The van der Waals surface area contributed by atoms with Gasteiger partial charge >= 0.3 is 5.97 Å². The van der Waals surface area contributed by atoms with Crippen molar-refractivity contribution in [3.63, 3.8) is 0 Å². The molecule has 2 heterocycles. The van der Waals surface area contributed by atoms with Gasteiger partial charge in [0.1, 0.15) is 30.5 Å². The van der Waals surface area contributed by atoms with E-state index in [1.54, 1.807) is 32.9 Å². The first kappa shape index (κ1) is 26.6. The summed E-state index contributed by atoms with van der Waals surface area (Å²) in [7, 11) is 0. The van der Waals surface area contributed by atoms with Crippen molar-refractivity contribution < 1.29 is 23.5 Å². The molecule has 1 aliphatic rings. The molecule has 4 rings (SSSR count). The van der Waals surface area contributed by atoms with Crippen LogP contribution in [-0.2, 0) is 25.5 Å². The molecule has 12 heteroatoms. The van der Waals surface area contributed by atoms with E-state index < -0.39 is 35.2 Å². The molecule has 0 spiro atoms. The van der Waals surface area contributed by atoms with E-state index in [1.807, 2.05) is 0 Å². The minimum absolute atomic E-state index is 0.0497. The lowest BCUT2D eigenvalue weighted by atomic mass is 10.0. The number of hydrogen-bond acceptors (Lipinski definition) is 6. The number of amides is 2. The smallest absolute Gasteiger partial charge is 0.329 e. The van der Waals surface area contributed by atoms with Crippen molar-refractivity contribution in [3.05, 3.63) is 70.2 Å². The monoisotopic (exact) mass is 547 g/mol. The van der Waals surface area contributed by atoms with E-state index in [4.69, 9.17) is 27.9 Å². The van der Waals surface area contributed by atoms with Crippen LogP contribution in [0.5, 0.6) is 0 Å². The van der Waals surface area contributed by atoms with Crippen molar-refractivity contribution in [2.75, 3.05) is 18.0 Å². The highest BCUT2D eigenvalue weighted by Crippen LogP contribution is 2.30. The molecule has 1 aliphatic heterocycles. The van der Waals surface area contributed by atoms with Gasteiger partial charge in [-0.05, 0) is 56.7 Å². The number of carbonyl (C=O) groups is 3. The van der Waals surface area contributed by atoms with Crippen LogP contribution in [0.4, 0.5) is 10.1 Å². The summed E-state index contributed by atoms with van der Waals surface area (Å²) in [6.45, 7) is 4.40. The predicted octanol–water partition coefficient (Wildman–Crippen LogP) is 3.84. The van der Waals surface area contributed by atoms with E-state index in [-0.39, 0.29) is 24.7 Å². The summed E-state index contributed by atoms with van der Waals surface area (Å²) in [5.41, 5.74) is 0.565. The zero-order valence-electron chi connectivity index (χ0n) is 20.3. The number of anilines is 1. The number of ether oxygens (including phenoxy) is 1. The number of nitrogens with zero attached hydrogens (tertiary/aromatic N) is 5. The molecule has 1 unspecified atom stereocenters. The van der Waals surface area contributed by atoms with Crippen LogP contribution in [0.1, 0.15) is 26.3 Å². The summed E-state index contributed by atoms with van der Waals surface area (Å²) in [6.07, 6.45) is 1.51. The Morgan fingerprint density at radius 3 is 2.38 bits per heavy atom. The molecule has 194 valence electrons. The number of rotatable bonds is 6. The fraction of sp³-hybridized carbons (Fsp3) is 0.320. The summed E-state index contributed by atoms with van der Waals surface area (Å²) < 4.78 is 20.4. The van der Waals surface area contributed by atoms with Crippen molar-refractivity contribution in [2.24, 2.45) is 0 Å². The fourth-order valence-electron chi connectivity index (χ4n) is 3.94. The number of hydrogen-bond donors (Lipinski definition) is 0. The average molecular weight is 548 g/mol. The molecule has 9 nitrogen and oxygen atoms in total. The second-order valence-corrected chi connectivity index (χ2v) is 10.3. The van der Waals surface area contributed by atoms with Crippen LogP contribution in [0, 0.1) is 5.82 Å². The number of aromatic nitrogens is 3. The predicted molar refractivity (Wildman–Crippen MR) is 135 cm³/mol. The van der Waals surface area contributed by atoms with Gasteiger partial charge in [0, 0.05) is 11.4 Å². The Morgan fingerprint density at radius 1 is 1.05 bits per heavy atom. The van der Waals surface area contributed by atoms with Crippen LogP contribution in [0.3, 0.4) is 0 Å². The Morgan fingerprint density at radius 2 is 1.76 bits per heavy atom. The molecule has 1 saturated heterocycles. The maximum atomic E-state index is 13.4. The number of esters is 1. The van der Waals surface area contributed by atoms with Gasteiger partial charge in [-0.1, -0.05) is 40.5 Å². The Balaban J connectivity index is 1.64. The topological polar surface area (TPSA) is 97.6 Å². The lowest BCUT2D eigenvalue weighted by Gasteiger charge is -2.38. The molecule has 1 atom stereocenters. The first-order valence-electron chi connectivity index (χ1n) is 11.4. The third-order valence-corrected chi connectivity index (χ3v) is 5.97. The first-order valence-corrected chi connectivity index (χ1v) is 12.1. The van der Waals surface area contributed by atoms with E-state index in [1.165, 1.54) is 51.0 Å². The van der Waals surface area contributed by atoms with Crippen molar-refractivity contribution >= 4 is 46.7 Å². The highest BCUT2D eigenvalue weighted by atomic mass is 35.5. The SMILES string of the molecule is CC(C)(C)OC(=O)C(Cc1ccc(F)cc1)N1CC(=O)N(c2cc(Cl)ccc2-n2cc(Cl)nn2)CC1=O. The molecule has 3 aromatic rings. The molecule has 37 heavy (non-hydrogen) atoms. The highest BCUT2D eigenvalue weighted by Gasteiger charge is 2.40. The van der Waals surface area contributed by atoms with Gasteiger partial charge < -0.3 is 9.64 Å². The summed E-state index contributed by atoms with van der Waals surface area (Å²) in [5.74, 6) is -2.00. The highest BCUT2D eigenvalue weighted by molar-refractivity contribution is 6.31. The standard InChI is InChI=1S/C25H24Cl2FN5O4/c1-25(2,3)37-24(36)20(10-15-4-7-17(28)8-5-15)32-14-22(34)31(13-23(32)35)19-11-16(26)6-9-18(19)33-12-21(27)29-30-33/h4-9,11-12,20H,10,13-14H2,1-3H3. The van der Waals surface area contributed by atoms with Gasteiger partial charge in [-0.15, -0.1) is 5.10 Å². The van der Waals surface area contributed by atoms with Crippen molar-refractivity contribution in [1.29, 1.82) is 0 Å². The quantitative estimate of drug-likeness (QED) is 0.435. The molecule has 0 N–H and O–H groups in total. The Bertz CT molecular complexity index is 1340. The number of halogens is 3. The Kier molecular flexibility index (Phi) is 7.52. The van der Waals surface area contributed by atoms with E-state index in [0.717, 1.165) is 0 Å². The lowest BCUT2D eigenvalue weighted by molar-refractivity contribution is -0.165. The van der Waals surface area contributed by atoms with Crippen LogP contribution in [0.15, 0.2) is 48.7 Å². The third-order valence-electron chi connectivity index (χ3n) is 5.56. The molecule has 0 aliphatic carbocycles. The summed E-state index contributed by atoms with van der Waals surface area (Å²) in [6, 6.07) is 9.28. The molecule has 0 saturated carbocycles. The number of benzene rings is 2. The maximum Gasteiger partial charge on any atom is 0.329 e. The zero-order valence-corrected chi connectivity index (χ0v) is 21.8. The molecule has 1 fully saturated rings. The number of carbonyl (C=O) groups excluding carboxylic acids is 3. The van der Waals surface area contributed by atoms with E-state index in [0.29, 0.717) is 22.0 Å². The average Bonchev–Trinajstić information content (AvgIpc) is 3.25.